The Morgan fingerprint density at radius 3 is 2.46 bits per heavy atom. The fourth-order valence-electron chi connectivity index (χ4n) is 3.55. The van der Waals surface area contributed by atoms with E-state index in [9.17, 15) is 4.79 Å². The molecule has 0 spiro atoms. The Bertz CT molecular complexity index is 841. The molecule has 0 saturated carbocycles. The van der Waals surface area contributed by atoms with Crippen LogP contribution in [-0.4, -0.2) is 56.1 Å². The summed E-state index contributed by atoms with van der Waals surface area (Å²) >= 11 is 2.19. The van der Waals surface area contributed by atoms with Gasteiger partial charge < -0.3 is 14.4 Å². The van der Waals surface area contributed by atoms with Crippen LogP contribution in [0.4, 0.5) is 0 Å². The minimum absolute atomic E-state index is 0.0584. The number of hydrogen-bond acceptors (Lipinski definition) is 4. The highest BCUT2D eigenvalue weighted by atomic mass is 127. The molecular formula is C22H27IN2O3. The van der Waals surface area contributed by atoms with E-state index in [2.05, 4.69) is 58.7 Å². The van der Waals surface area contributed by atoms with Gasteiger partial charge in [0, 0.05) is 36.3 Å². The van der Waals surface area contributed by atoms with Gasteiger partial charge in [0.2, 0.25) is 0 Å². The van der Waals surface area contributed by atoms with Crippen LogP contribution in [0, 0.1) is 10.5 Å². The van der Waals surface area contributed by atoms with Gasteiger partial charge in [0.1, 0.15) is 0 Å². The van der Waals surface area contributed by atoms with Crippen LogP contribution in [0.15, 0.2) is 36.4 Å². The maximum Gasteiger partial charge on any atom is 0.255 e. The second-order valence-electron chi connectivity index (χ2n) is 7.04. The first-order chi connectivity index (χ1) is 13.5. The summed E-state index contributed by atoms with van der Waals surface area (Å²) in [5.74, 6) is 1.29. The molecule has 28 heavy (non-hydrogen) atoms. The fraction of sp³-hybridized carbons (Fsp3) is 0.409. The number of methoxy groups -OCH3 is 2. The molecule has 1 aliphatic heterocycles. The summed E-state index contributed by atoms with van der Waals surface area (Å²) < 4.78 is 11.6. The van der Waals surface area contributed by atoms with Crippen molar-refractivity contribution in [1.29, 1.82) is 0 Å². The van der Waals surface area contributed by atoms with Crippen molar-refractivity contribution in [3.63, 3.8) is 0 Å². The predicted molar refractivity (Wildman–Crippen MR) is 119 cm³/mol. The number of carbonyl (C=O) groups excluding carboxylic acids is 1. The minimum atomic E-state index is 0.0584. The number of aryl methyl sites for hydroxylation is 1. The summed E-state index contributed by atoms with van der Waals surface area (Å²) in [4.78, 5) is 17.6. The van der Waals surface area contributed by atoms with Gasteiger partial charge in [-0.25, -0.2) is 0 Å². The Morgan fingerprint density at radius 2 is 1.75 bits per heavy atom. The van der Waals surface area contributed by atoms with E-state index in [1.807, 2.05) is 11.0 Å². The van der Waals surface area contributed by atoms with Crippen molar-refractivity contribution in [2.45, 2.75) is 19.9 Å². The van der Waals surface area contributed by atoms with Crippen molar-refractivity contribution < 1.29 is 14.3 Å². The number of amides is 1. The van der Waals surface area contributed by atoms with E-state index in [1.165, 1.54) is 11.1 Å². The summed E-state index contributed by atoms with van der Waals surface area (Å²) in [5.41, 5.74) is 3.35. The highest BCUT2D eigenvalue weighted by Gasteiger charge is 2.23. The first-order valence-electron chi connectivity index (χ1n) is 9.51. The van der Waals surface area contributed by atoms with Gasteiger partial charge >= 0.3 is 0 Å². The van der Waals surface area contributed by atoms with Crippen LogP contribution in [0.2, 0.25) is 0 Å². The number of halogens is 1. The lowest BCUT2D eigenvalue weighted by molar-refractivity contribution is 0.0759. The van der Waals surface area contributed by atoms with Crippen molar-refractivity contribution in [3.05, 3.63) is 56.7 Å². The average Bonchev–Trinajstić information content (AvgIpc) is 2.94. The SMILES string of the molecule is COc1cc(I)c(C(=O)N2CCCN(Cc3ccccc3C)CC2)cc1OC. The maximum atomic E-state index is 13.2. The molecule has 0 radical (unpaired) electrons. The maximum absolute atomic E-state index is 13.2. The monoisotopic (exact) mass is 494 g/mol. The van der Waals surface area contributed by atoms with Crippen LogP contribution in [0.5, 0.6) is 11.5 Å². The molecule has 0 N–H and O–H groups in total. The molecule has 1 saturated heterocycles. The third kappa shape index (κ3) is 4.78. The van der Waals surface area contributed by atoms with Gasteiger partial charge in [-0.2, -0.15) is 0 Å². The number of rotatable bonds is 5. The van der Waals surface area contributed by atoms with Crippen LogP contribution < -0.4 is 9.47 Å². The zero-order valence-corrected chi connectivity index (χ0v) is 18.9. The molecule has 1 heterocycles. The van der Waals surface area contributed by atoms with E-state index in [-0.39, 0.29) is 5.91 Å². The zero-order valence-electron chi connectivity index (χ0n) is 16.7. The normalized spacial score (nSPS) is 15.2. The van der Waals surface area contributed by atoms with Crippen molar-refractivity contribution >= 4 is 28.5 Å². The van der Waals surface area contributed by atoms with Crippen LogP contribution in [0.1, 0.15) is 27.9 Å². The molecular weight excluding hydrogens is 467 g/mol. The first kappa shape index (κ1) is 20.9. The van der Waals surface area contributed by atoms with Crippen LogP contribution in [-0.2, 0) is 6.54 Å². The number of carbonyl (C=O) groups is 1. The van der Waals surface area contributed by atoms with E-state index < -0.39 is 0 Å². The van der Waals surface area contributed by atoms with Crippen molar-refractivity contribution in [2.24, 2.45) is 0 Å². The number of hydrogen-bond donors (Lipinski definition) is 0. The smallest absolute Gasteiger partial charge is 0.255 e. The molecule has 2 aromatic carbocycles. The molecule has 2 aromatic rings. The van der Waals surface area contributed by atoms with Gasteiger partial charge in [0.05, 0.1) is 19.8 Å². The van der Waals surface area contributed by atoms with Crippen molar-refractivity contribution in [2.75, 3.05) is 40.4 Å². The molecule has 5 nitrogen and oxygen atoms in total. The van der Waals surface area contributed by atoms with Crippen molar-refractivity contribution in [1.82, 2.24) is 9.80 Å². The average molecular weight is 494 g/mol. The molecule has 0 bridgehead atoms. The fourth-order valence-corrected chi connectivity index (χ4v) is 4.22. The summed E-state index contributed by atoms with van der Waals surface area (Å²) in [7, 11) is 3.20. The van der Waals surface area contributed by atoms with E-state index in [4.69, 9.17) is 9.47 Å². The van der Waals surface area contributed by atoms with Gasteiger partial charge in [0.25, 0.3) is 5.91 Å². The highest BCUT2D eigenvalue weighted by molar-refractivity contribution is 14.1. The lowest BCUT2D eigenvalue weighted by Gasteiger charge is -2.23. The molecule has 1 aliphatic rings. The van der Waals surface area contributed by atoms with Gasteiger partial charge in [-0.05, 0) is 59.2 Å². The second-order valence-corrected chi connectivity index (χ2v) is 8.20. The number of benzene rings is 2. The van der Waals surface area contributed by atoms with Crippen LogP contribution in [0.25, 0.3) is 0 Å². The third-order valence-corrected chi connectivity index (χ3v) is 6.13. The lowest BCUT2D eigenvalue weighted by atomic mass is 10.1. The van der Waals surface area contributed by atoms with Crippen LogP contribution in [0.3, 0.4) is 0 Å². The summed E-state index contributed by atoms with van der Waals surface area (Å²) in [5, 5.41) is 0. The quantitative estimate of drug-likeness (QED) is 0.591. The third-order valence-electron chi connectivity index (χ3n) is 5.23. The molecule has 0 aliphatic carbocycles. The standard InChI is InChI=1S/C22H27IN2O3/c1-16-7-4-5-8-17(16)15-24-9-6-10-25(12-11-24)22(26)18-13-20(27-2)21(28-3)14-19(18)23/h4-5,7-8,13-14H,6,9-12,15H2,1-3H3. The van der Waals surface area contributed by atoms with E-state index in [0.29, 0.717) is 17.1 Å². The van der Waals surface area contributed by atoms with Crippen LogP contribution >= 0.6 is 22.6 Å². The Hall–Kier alpha value is -1.80. The van der Waals surface area contributed by atoms with E-state index in [0.717, 1.165) is 42.7 Å². The zero-order chi connectivity index (χ0) is 20.1. The Balaban J connectivity index is 1.70. The second kappa shape index (κ2) is 9.60. The Morgan fingerprint density at radius 1 is 1.04 bits per heavy atom. The lowest BCUT2D eigenvalue weighted by Crippen LogP contribution is -2.35. The molecule has 150 valence electrons. The molecule has 1 amide bonds. The first-order valence-corrected chi connectivity index (χ1v) is 10.6. The largest absolute Gasteiger partial charge is 0.493 e. The van der Waals surface area contributed by atoms with Crippen molar-refractivity contribution in [3.8, 4) is 11.5 Å². The molecule has 6 heteroatoms. The number of nitrogens with zero attached hydrogens (tertiary/aromatic N) is 2. The Kier molecular flexibility index (Phi) is 7.18. The van der Waals surface area contributed by atoms with Gasteiger partial charge in [-0.3, -0.25) is 9.69 Å². The topological polar surface area (TPSA) is 42.0 Å². The summed E-state index contributed by atoms with van der Waals surface area (Å²) in [6.07, 6.45) is 0.974. The predicted octanol–water partition coefficient (Wildman–Crippen LogP) is 3.96. The van der Waals surface area contributed by atoms with Gasteiger partial charge in [-0.15, -0.1) is 0 Å². The van der Waals surface area contributed by atoms with Gasteiger partial charge in [-0.1, -0.05) is 24.3 Å². The Labute approximate surface area is 180 Å². The summed E-state index contributed by atoms with van der Waals surface area (Å²) in [6, 6.07) is 12.2. The molecule has 0 unspecified atom stereocenters. The van der Waals surface area contributed by atoms with E-state index >= 15 is 0 Å². The minimum Gasteiger partial charge on any atom is -0.493 e. The molecule has 1 fully saturated rings. The number of ether oxygens (including phenoxy) is 2. The van der Waals surface area contributed by atoms with E-state index in [1.54, 1.807) is 20.3 Å². The van der Waals surface area contributed by atoms with Gasteiger partial charge in [0.15, 0.2) is 11.5 Å². The molecule has 0 atom stereocenters. The highest BCUT2D eigenvalue weighted by Crippen LogP contribution is 2.32. The molecule has 0 aromatic heterocycles. The summed E-state index contributed by atoms with van der Waals surface area (Å²) in [6.45, 7) is 6.47. The molecule has 3 rings (SSSR count).